The molecule has 0 atom stereocenters. The highest BCUT2D eigenvalue weighted by Gasteiger charge is 2.18. The molecule has 6 heteroatoms. The Morgan fingerprint density at radius 3 is 2.57 bits per heavy atom. The van der Waals surface area contributed by atoms with Crippen LogP contribution in [0.1, 0.15) is 12.5 Å². The van der Waals surface area contributed by atoms with Gasteiger partial charge in [-0.05, 0) is 44.2 Å². The summed E-state index contributed by atoms with van der Waals surface area (Å²) in [4.78, 5) is 2.10. The molecule has 0 bridgehead atoms. The fourth-order valence-corrected chi connectivity index (χ4v) is 2.55. The van der Waals surface area contributed by atoms with E-state index in [1.807, 2.05) is 19.1 Å². The highest BCUT2D eigenvalue weighted by molar-refractivity contribution is 5.69. The normalized spacial score (nSPS) is 10.8. The summed E-state index contributed by atoms with van der Waals surface area (Å²) < 4.78 is 3.05. The zero-order chi connectivity index (χ0) is 17.1. The van der Waals surface area contributed by atoms with Gasteiger partial charge >= 0.3 is 0 Å². The summed E-state index contributed by atoms with van der Waals surface area (Å²) in [6.07, 6.45) is 0. The van der Waals surface area contributed by atoms with E-state index in [2.05, 4.69) is 36.5 Å². The molecule has 0 fully saturated rings. The fourth-order valence-electron chi connectivity index (χ4n) is 2.55. The zero-order valence-corrected chi connectivity index (χ0v) is 14.0. The van der Waals surface area contributed by atoms with Crippen molar-refractivity contribution in [2.24, 2.45) is 7.05 Å². The van der Waals surface area contributed by atoms with Crippen molar-refractivity contribution in [3.8, 4) is 5.88 Å². The van der Waals surface area contributed by atoms with Crippen LogP contribution in [-0.4, -0.2) is 34.6 Å². The van der Waals surface area contributed by atoms with Gasteiger partial charge in [-0.25, -0.2) is 0 Å². The van der Waals surface area contributed by atoms with Crippen LogP contribution in [0.5, 0.6) is 5.88 Å². The van der Waals surface area contributed by atoms with E-state index >= 15 is 0 Å². The Bertz CT molecular complexity index is 798. The van der Waals surface area contributed by atoms with E-state index in [9.17, 15) is 5.11 Å². The molecular weight excluding hydrogens is 292 g/mol. The van der Waals surface area contributed by atoms with E-state index in [0.29, 0.717) is 17.6 Å². The summed E-state index contributed by atoms with van der Waals surface area (Å²) in [6, 6.07) is 6.02. The number of hydrogen-bond acceptors (Lipinski definition) is 4. The molecule has 0 saturated heterocycles. The van der Waals surface area contributed by atoms with E-state index in [4.69, 9.17) is 5.11 Å². The van der Waals surface area contributed by atoms with Crippen molar-refractivity contribution in [1.82, 2.24) is 4.68 Å². The van der Waals surface area contributed by atoms with Crippen LogP contribution in [0.25, 0.3) is 6.58 Å². The minimum Gasteiger partial charge on any atom is -0.489 e. The molecule has 6 nitrogen and oxygen atoms in total. The summed E-state index contributed by atoms with van der Waals surface area (Å²) in [7, 11) is 1.71. The lowest BCUT2D eigenvalue weighted by molar-refractivity contribution is -0.606. The minimum absolute atomic E-state index is 0.0870. The largest absolute Gasteiger partial charge is 0.489 e. The number of aryl methyl sites for hydroxylation is 1. The molecule has 124 valence electrons. The summed E-state index contributed by atoms with van der Waals surface area (Å²) in [6.45, 7) is 13.4. The maximum atomic E-state index is 10.2. The summed E-state index contributed by atoms with van der Waals surface area (Å²) >= 11 is 0. The van der Waals surface area contributed by atoms with E-state index < -0.39 is 0 Å². The standard InChI is InChI=1S/C17H24N4O2/c1-6-21(9-10-22)14-7-8-15(12(2)11-14)18-16-13(3)19(4)20(5)17(16)23/h7-8,11,18,22H,3-4,6,9-10H2,1-2,5H3/p+1. The zero-order valence-electron chi connectivity index (χ0n) is 14.0. The van der Waals surface area contributed by atoms with Gasteiger partial charge in [0.1, 0.15) is 0 Å². The number of aliphatic hydroxyl groups is 1. The molecule has 0 unspecified atom stereocenters. The van der Waals surface area contributed by atoms with Gasteiger partial charge in [-0.3, -0.25) is 0 Å². The quantitative estimate of drug-likeness (QED) is 0.694. The van der Waals surface area contributed by atoms with Crippen LogP contribution in [-0.2, 0) is 7.05 Å². The van der Waals surface area contributed by atoms with Crippen molar-refractivity contribution < 1.29 is 14.6 Å². The van der Waals surface area contributed by atoms with Crippen molar-refractivity contribution in [2.75, 3.05) is 29.9 Å². The first-order valence-electron chi connectivity index (χ1n) is 7.61. The Hall–Kier alpha value is -2.47. The molecule has 1 heterocycles. The SMILES string of the molecule is C=c1c(Nc2ccc(N(CC)CCO)cc2C)c(O)n(C)[n+]1=C. The first-order valence-corrected chi connectivity index (χ1v) is 7.61. The third-order valence-corrected chi connectivity index (χ3v) is 4.08. The molecule has 0 saturated carbocycles. The van der Waals surface area contributed by atoms with Gasteiger partial charge in [0.25, 0.3) is 11.2 Å². The van der Waals surface area contributed by atoms with Crippen molar-refractivity contribution >= 4 is 23.6 Å². The first-order chi connectivity index (χ1) is 10.9. The first kappa shape index (κ1) is 16.9. The van der Waals surface area contributed by atoms with Crippen molar-refractivity contribution in [3.63, 3.8) is 0 Å². The molecule has 23 heavy (non-hydrogen) atoms. The van der Waals surface area contributed by atoms with Gasteiger partial charge in [0.05, 0.1) is 13.7 Å². The number of nitrogens with one attached hydrogen (secondary N) is 1. The molecule has 2 aromatic rings. The van der Waals surface area contributed by atoms with Gasteiger partial charge in [-0.15, -0.1) is 4.68 Å². The van der Waals surface area contributed by atoms with Crippen molar-refractivity contribution in [2.45, 2.75) is 13.8 Å². The van der Waals surface area contributed by atoms with Crippen LogP contribution >= 0.6 is 0 Å². The molecule has 0 spiro atoms. The number of aromatic hydroxyl groups is 1. The lowest BCUT2D eigenvalue weighted by Gasteiger charge is -2.23. The van der Waals surface area contributed by atoms with E-state index in [1.165, 1.54) is 9.04 Å². The molecule has 3 N–H and O–H groups in total. The van der Waals surface area contributed by atoms with Crippen LogP contribution in [0.15, 0.2) is 18.2 Å². The molecule has 0 amide bonds. The second-order valence-corrected chi connectivity index (χ2v) is 5.50. The van der Waals surface area contributed by atoms with Gasteiger partial charge in [-0.1, -0.05) is 4.36 Å². The van der Waals surface area contributed by atoms with Gasteiger partial charge in [0, 0.05) is 24.5 Å². The summed E-state index contributed by atoms with van der Waals surface area (Å²) in [5.74, 6) is 0.0870. The lowest BCUT2D eigenvalue weighted by Crippen LogP contribution is -2.38. The fraction of sp³-hybridized carbons (Fsp3) is 0.353. The lowest BCUT2D eigenvalue weighted by atomic mass is 10.1. The van der Waals surface area contributed by atoms with E-state index in [0.717, 1.165) is 23.5 Å². The number of anilines is 3. The van der Waals surface area contributed by atoms with Crippen LogP contribution in [0.2, 0.25) is 0 Å². The number of rotatable bonds is 6. The molecule has 0 aliphatic carbocycles. The molecular formula is C17H25N4O2+. The second kappa shape index (κ2) is 6.75. The Labute approximate surface area is 136 Å². The maximum Gasteiger partial charge on any atom is 0.275 e. The monoisotopic (exact) mass is 317 g/mol. The summed E-state index contributed by atoms with van der Waals surface area (Å²) in [5.41, 5.74) is 3.53. The Balaban J connectivity index is 2.34. The molecule has 0 aliphatic rings. The number of likely N-dealkylation sites (N-methyl/N-ethyl adjacent to an activating group) is 1. The van der Waals surface area contributed by atoms with E-state index in [-0.39, 0.29) is 12.5 Å². The van der Waals surface area contributed by atoms with Crippen molar-refractivity contribution in [3.05, 3.63) is 35.8 Å². The number of benzene rings is 1. The topological polar surface area (TPSA) is 66.6 Å². The minimum atomic E-state index is 0.0870. The predicted molar refractivity (Wildman–Crippen MR) is 92.6 cm³/mol. The molecule has 1 aromatic carbocycles. The number of hydrogen-bond donors (Lipinski definition) is 3. The molecule has 2 rings (SSSR count). The molecule has 1 aromatic heterocycles. The Morgan fingerprint density at radius 1 is 1.39 bits per heavy atom. The molecule has 0 radical (unpaired) electrons. The van der Waals surface area contributed by atoms with Crippen molar-refractivity contribution in [1.29, 1.82) is 0 Å². The third kappa shape index (κ3) is 3.17. The number of aromatic nitrogens is 2. The van der Waals surface area contributed by atoms with Gasteiger partial charge in [0.15, 0.2) is 12.4 Å². The number of nitrogens with zero attached hydrogens (tertiary/aromatic N) is 3. The predicted octanol–water partition coefficient (Wildman–Crippen LogP) is 0.939. The highest BCUT2D eigenvalue weighted by atomic mass is 16.3. The number of aliphatic hydroxyl groups excluding tert-OH is 1. The third-order valence-electron chi connectivity index (χ3n) is 4.08. The van der Waals surface area contributed by atoms with Gasteiger partial charge < -0.3 is 20.4 Å². The second-order valence-electron chi connectivity index (χ2n) is 5.50. The Kier molecular flexibility index (Phi) is 4.95. The van der Waals surface area contributed by atoms with Gasteiger partial charge in [-0.2, -0.15) is 0 Å². The maximum absolute atomic E-state index is 10.2. The van der Waals surface area contributed by atoms with Crippen LogP contribution in [0.4, 0.5) is 17.1 Å². The average Bonchev–Trinajstić information content (AvgIpc) is 2.72. The Morgan fingerprint density at radius 2 is 2.09 bits per heavy atom. The van der Waals surface area contributed by atoms with Crippen LogP contribution < -0.4 is 19.9 Å². The van der Waals surface area contributed by atoms with Gasteiger partial charge in [0.2, 0.25) is 0 Å². The van der Waals surface area contributed by atoms with Crippen LogP contribution in [0.3, 0.4) is 0 Å². The summed E-state index contributed by atoms with van der Waals surface area (Å²) in [5, 5.41) is 23.1. The highest BCUT2D eigenvalue weighted by Crippen LogP contribution is 2.27. The van der Waals surface area contributed by atoms with Crippen LogP contribution in [0, 0.1) is 13.6 Å². The molecule has 0 aliphatic heterocycles. The van der Waals surface area contributed by atoms with E-state index in [1.54, 1.807) is 7.05 Å². The average molecular weight is 317 g/mol. The smallest absolute Gasteiger partial charge is 0.275 e.